The lowest BCUT2D eigenvalue weighted by Crippen LogP contribution is -2.35. The van der Waals surface area contributed by atoms with Gasteiger partial charge in [0.25, 0.3) is 5.91 Å². The second kappa shape index (κ2) is 9.09. The molecule has 0 fully saturated rings. The molecule has 1 aliphatic heterocycles. The van der Waals surface area contributed by atoms with Crippen LogP contribution in [0.2, 0.25) is 0 Å². The summed E-state index contributed by atoms with van der Waals surface area (Å²) in [6.45, 7) is 4.53. The fourth-order valence-corrected chi connectivity index (χ4v) is 3.26. The summed E-state index contributed by atoms with van der Waals surface area (Å²) < 4.78 is 27.2. The van der Waals surface area contributed by atoms with Gasteiger partial charge in [-0.1, -0.05) is 24.3 Å². The second-order valence-electron chi connectivity index (χ2n) is 7.00. The van der Waals surface area contributed by atoms with E-state index < -0.39 is 18.0 Å². The molecule has 3 aromatic rings. The smallest absolute Gasteiger partial charge is 0.375 e. The maximum Gasteiger partial charge on any atom is 0.375 e. The van der Waals surface area contributed by atoms with E-state index in [0.717, 1.165) is 10.9 Å². The van der Waals surface area contributed by atoms with Crippen molar-refractivity contribution in [3.05, 3.63) is 59.4 Å². The summed E-state index contributed by atoms with van der Waals surface area (Å²) in [5.74, 6) is 0.221. The van der Waals surface area contributed by atoms with Crippen LogP contribution >= 0.6 is 0 Å². The minimum absolute atomic E-state index is 0.0464. The van der Waals surface area contributed by atoms with Gasteiger partial charge in [-0.25, -0.2) is 4.79 Å². The predicted molar refractivity (Wildman–Crippen MR) is 111 cm³/mol. The molecule has 8 heteroatoms. The van der Waals surface area contributed by atoms with E-state index >= 15 is 0 Å². The largest absolute Gasteiger partial charge is 0.454 e. The lowest BCUT2D eigenvalue weighted by molar-refractivity contribution is -0.129. The van der Waals surface area contributed by atoms with Crippen molar-refractivity contribution in [2.45, 2.75) is 33.1 Å². The van der Waals surface area contributed by atoms with E-state index in [1.165, 1.54) is 6.92 Å². The van der Waals surface area contributed by atoms with Crippen molar-refractivity contribution in [3.63, 3.8) is 0 Å². The highest BCUT2D eigenvalue weighted by atomic mass is 16.7. The Morgan fingerprint density at radius 3 is 2.77 bits per heavy atom. The first-order valence-corrected chi connectivity index (χ1v) is 10.0. The number of rotatable bonds is 8. The van der Waals surface area contributed by atoms with Crippen molar-refractivity contribution in [1.29, 1.82) is 0 Å². The van der Waals surface area contributed by atoms with Gasteiger partial charge in [-0.05, 0) is 37.6 Å². The lowest BCUT2D eigenvalue weighted by Gasteiger charge is -2.13. The number of ether oxygens (including phenoxy) is 4. The number of benzene rings is 2. The van der Waals surface area contributed by atoms with E-state index in [9.17, 15) is 9.59 Å². The highest BCUT2D eigenvalue weighted by Gasteiger charge is 2.26. The molecule has 0 saturated heterocycles. The summed E-state index contributed by atoms with van der Waals surface area (Å²) in [6.07, 6.45) is -1.00. The maximum absolute atomic E-state index is 12.7. The Bertz CT molecular complexity index is 1100. The zero-order valence-corrected chi connectivity index (χ0v) is 17.3. The number of furan rings is 1. The highest BCUT2D eigenvalue weighted by molar-refractivity contribution is 5.97. The Morgan fingerprint density at radius 2 is 1.94 bits per heavy atom. The molecule has 0 saturated carbocycles. The summed E-state index contributed by atoms with van der Waals surface area (Å²) in [7, 11) is 0. The number of hydrogen-bond acceptors (Lipinski definition) is 7. The van der Waals surface area contributed by atoms with Crippen LogP contribution < -0.4 is 14.8 Å². The standard InChI is InChI=1S/C23H23NO7/c1-3-27-12-17-16-6-4-5-7-18(16)31-21(17)23(26)30-14(2)22(25)24-11-15-8-9-19-20(10-15)29-13-28-19/h4-10,14H,3,11-13H2,1-2H3,(H,24,25). The fraction of sp³-hybridized carbons (Fsp3) is 0.304. The minimum atomic E-state index is -1.00. The number of amides is 1. The zero-order chi connectivity index (χ0) is 21.8. The van der Waals surface area contributed by atoms with E-state index in [2.05, 4.69) is 5.32 Å². The number of hydrogen-bond donors (Lipinski definition) is 1. The topological polar surface area (TPSA) is 96.2 Å². The van der Waals surface area contributed by atoms with Gasteiger partial charge in [0.1, 0.15) is 5.58 Å². The predicted octanol–water partition coefficient (Wildman–Crippen LogP) is 3.56. The van der Waals surface area contributed by atoms with Crippen molar-refractivity contribution in [1.82, 2.24) is 5.32 Å². The molecule has 8 nitrogen and oxygen atoms in total. The van der Waals surface area contributed by atoms with E-state index in [-0.39, 0.29) is 25.7 Å². The Morgan fingerprint density at radius 1 is 1.13 bits per heavy atom. The molecular formula is C23H23NO7. The molecular weight excluding hydrogens is 402 g/mol. The zero-order valence-electron chi connectivity index (χ0n) is 17.3. The second-order valence-corrected chi connectivity index (χ2v) is 7.00. The molecule has 162 valence electrons. The van der Waals surface area contributed by atoms with Gasteiger partial charge in [0.15, 0.2) is 17.6 Å². The molecule has 1 unspecified atom stereocenters. The molecule has 0 spiro atoms. The average molecular weight is 425 g/mol. The molecule has 1 atom stereocenters. The number of nitrogens with one attached hydrogen (secondary N) is 1. The van der Waals surface area contributed by atoms with Crippen molar-refractivity contribution in [2.24, 2.45) is 0 Å². The van der Waals surface area contributed by atoms with Gasteiger partial charge in [-0.2, -0.15) is 0 Å². The Kier molecular flexibility index (Phi) is 6.08. The van der Waals surface area contributed by atoms with Gasteiger partial charge in [-0.3, -0.25) is 4.79 Å². The third kappa shape index (κ3) is 4.49. The molecule has 2 heterocycles. The SMILES string of the molecule is CCOCc1c(C(=O)OC(C)C(=O)NCc2ccc3c(c2)OCO3)oc2ccccc12. The molecule has 1 aromatic heterocycles. The van der Waals surface area contributed by atoms with Gasteiger partial charge in [0.2, 0.25) is 12.6 Å². The monoisotopic (exact) mass is 425 g/mol. The molecule has 0 bridgehead atoms. The van der Waals surface area contributed by atoms with Crippen LogP contribution in [0.15, 0.2) is 46.9 Å². The quantitative estimate of drug-likeness (QED) is 0.551. The number of para-hydroxylation sites is 1. The summed E-state index contributed by atoms with van der Waals surface area (Å²) in [6, 6.07) is 12.7. The number of fused-ring (bicyclic) bond motifs is 2. The fourth-order valence-electron chi connectivity index (χ4n) is 3.26. The van der Waals surface area contributed by atoms with Crippen molar-refractivity contribution >= 4 is 22.8 Å². The van der Waals surface area contributed by atoms with Crippen LogP contribution in [-0.4, -0.2) is 31.4 Å². The Hall–Kier alpha value is -3.52. The van der Waals surface area contributed by atoms with Gasteiger partial charge in [0, 0.05) is 24.1 Å². The van der Waals surface area contributed by atoms with Crippen LogP contribution in [0.4, 0.5) is 0 Å². The normalized spacial score (nSPS) is 13.2. The first kappa shape index (κ1) is 20.7. The van der Waals surface area contributed by atoms with Crippen LogP contribution in [-0.2, 0) is 27.4 Å². The maximum atomic E-state index is 12.7. The molecule has 4 rings (SSSR count). The van der Waals surface area contributed by atoms with E-state index in [1.54, 1.807) is 18.2 Å². The van der Waals surface area contributed by atoms with Crippen LogP contribution in [0.1, 0.15) is 35.5 Å². The van der Waals surface area contributed by atoms with E-state index in [4.69, 9.17) is 23.4 Å². The summed E-state index contributed by atoms with van der Waals surface area (Å²) in [5.41, 5.74) is 2.01. The molecule has 0 aliphatic carbocycles. The third-order valence-electron chi connectivity index (χ3n) is 4.89. The van der Waals surface area contributed by atoms with Gasteiger partial charge >= 0.3 is 5.97 Å². The van der Waals surface area contributed by atoms with Gasteiger partial charge in [-0.15, -0.1) is 0 Å². The lowest BCUT2D eigenvalue weighted by atomic mass is 10.1. The molecule has 0 radical (unpaired) electrons. The van der Waals surface area contributed by atoms with Crippen molar-refractivity contribution in [2.75, 3.05) is 13.4 Å². The average Bonchev–Trinajstić information content (AvgIpc) is 3.40. The third-order valence-corrected chi connectivity index (χ3v) is 4.89. The molecule has 1 N–H and O–H groups in total. The van der Waals surface area contributed by atoms with Crippen molar-refractivity contribution < 1.29 is 33.0 Å². The van der Waals surface area contributed by atoms with Gasteiger partial charge in [0.05, 0.1) is 6.61 Å². The van der Waals surface area contributed by atoms with Crippen LogP contribution in [0.5, 0.6) is 11.5 Å². The van der Waals surface area contributed by atoms with Crippen LogP contribution in [0, 0.1) is 0 Å². The minimum Gasteiger partial charge on any atom is -0.454 e. The summed E-state index contributed by atoms with van der Waals surface area (Å²) in [4.78, 5) is 25.2. The summed E-state index contributed by atoms with van der Waals surface area (Å²) in [5, 5.41) is 3.53. The molecule has 1 amide bonds. The number of esters is 1. The molecule has 2 aromatic carbocycles. The first-order chi connectivity index (χ1) is 15.1. The van der Waals surface area contributed by atoms with Crippen molar-refractivity contribution in [3.8, 4) is 11.5 Å². The van der Waals surface area contributed by atoms with E-state index in [1.807, 2.05) is 31.2 Å². The molecule has 31 heavy (non-hydrogen) atoms. The van der Waals surface area contributed by atoms with E-state index in [0.29, 0.717) is 29.3 Å². The number of carbonyl (C=O) groups is 2. The first-order valence-electron chi connectivity index (χ1n) is 10.0. The van der Waals surface area contributed by atoms with Gasteiger partial charge < -0.3 is 28.7 Å². The van der Waals surface area contributed by atoms with Crippen LogP contribution in [0.3, 0.4) is 0 Å². The van der Waals surface area contributed by atoms with Crippen LogP contribution in [0.25, 0.3) is 11.0 Å². The summed E-state index contributed by atoms with van der Waals surface area (Å²) >= 11 is 0. The number of carbonyl (C=O) groups excluding carboxylic acids is 2. The Labute approximate surface area is 179 Å². The molecule has 1 aliphatic rings. The Balaban J connectivity index is 1.40. The highest BCUT2D eigenvalue weighted by Crippen LogP contribution is 2.32.